The van der Waals surface area contributed by atoms with Crippen molar-refractivity contribution in [2.45, 2.75) is 56.5 Å². The molecule has 0 unspecified atom stereocenters. The van der Waals surface area contributed by atoms with Gasteiger partial charge in [0.1, 0.15) is 0 Å². The minimum atomic E-state index is -5.23. The normalized spacial score (nSPS) is 20.0. The maximum Gasteiger partial charge on any atom is 0.451 e. The van der Waals surface area contributed by atoms with Gasteiger partial charge in [0, 0.05) is 44.0 Å². The number of halogens is 8. The Bertz CT molecular complexity index is 934. The summed E-state index contributed by atoms with van der Waals surface area (Å²) >= 11 is 0. The molecule has 2 aliphatic rings. The Balaban J connectivity index is 1.72. The van der Waals surface area contributed by atoms with E-state index in [4.69, 9.17) is 5.73 Å². The SMILES string of the molecule is N[C@H](CC(=O)N1CCc2c(nc(C(F)(F)F)nc2C(F)(F)F)C1)CN1CC(F)(F)CCC1=O. The van der Waals surface area contributed by atoms with Gasteiger partial charge in [-0.1, -0.05) is 0 Å². The van der Waals surface area contributed by atoms with Crippen LogP contribution in [0.15, 0.2) is 0 Å². The number of rotatable bonds is 4. The molecule has 0 saturated carbocycles. The molecule has 1 saturated heterocycles. The van der Waals surface area contributed by atoms with E-state index in [0.29, 0.717) is 0 Å². The average Bonchev–Trinajstić information content (AvgIpc) is 2.67. The van der Waals surface area contributed by atoms with Crippen molar-refractivity contribution in [1.82, 2.24) is 19.8 Å². The topological polar surface area (TPSA) is 92.4 Å². The highest BCUT2D eigenvalue weighted by Gasteiger charge is 2.44. The number of carbonyl (C=O) groups excluding carboxylic acids is 2. The molecule has 0 radical (unpaired) electrons. The highest BCUT2D eigenvalue weighted by Crippen LogP contribution is 2.37. The number of nitrogens with zero attached hydrogens (tertiary/aromatic N) is 4. The summed E-state index contributed by atoms with van der Waals surface area (Å²) < 4.78 is 106. The van der Waals surface area contributed by atoms with Gasteiger partial charge in [0.2, 0.25) is 17.6 Å². The van der Waals surface area contributed by atoms with Crippen molar-refractivity contribution in [2.75, 3.05) is 19.6 Å². The number of carbonyl (C=O) groups is 2. The van der Waals surface area contributed by atoms with Crippen LogP contribution in [0.25, 0.3) is 0 Å². The van der Waals surface area contributed by atoms with Crippen LogP contribution in [0, 0.1) is 0 Å². The second kappa shape index (κ2) is 8.65. The van der Waals surface area contributed by atoms with Gasteiger partial charge in [0.15, 0.2) is 5.69 Å². The van der Waals surface area contributed by atoms with E-state index in [1.165, 1.54) is 0 Å². The second-order valence-electron chi connectivity index (χ2n) is 7.98. The standard InChI is InChI=1S/C18H19F8N5O2/c19-16(20)3-1-12(32)31(8-16)6-9(27)5-13(33)30-4-2-10-11(7-30)28-15(18(24,25)26)29-14(10)17(21,22)23/h9H,1-8,27H2/t9-/m1/s1. The van der Waals surface area contributed by atoms with E-state index in [-0.39, 0.29) is 19.5 Å². The van der Waals surface area contributed by atoms with E-state index in [9.17, 15) is 44.7 Å². The van der Waals surface area contributed by atoms with Crippen LogP contribution in [0.4, 0.5) is 35.1 Å². The first-order chi connectivity index (χ1) is 15.1. The number of hydrogen-bond acceptors (Lipinski definition) is 5. The lowest BCUT2D eigenvalue weighted by molar-refractivity contribution is -0.153. The summed E-state index contributed by atoms with van der Waals surface area (Å²) in [5.41, 5.74) is 3.01. The molecule has 1 fully saturated rings. The van der Waals surface area contributed by atoms with E-state index in [0.717, 1.165) is 9.80 Å². The van der Waals surface area contributed by atoms with Gasteiger partial charge in [0.05, 0.1) is 18.8 Å². The van der Waals surface area contributed by atoms with Crippen molar-refractivity contribution >= 4 is 11.8 Å². The summed E-state index contributed by atoms with van der Waals surface area (Å²) in [7, 11) is 0. The molecule has 184 valence electrons. The molecule has 0 bridgehead atoms. The van der Waals surface area contributed by atoms with E-state index in [2.05, 4.69) is 9.97 Å². The molecule has 2 N–H and O–H groups in total. The van der Waals surface area contributed by atoms with Crippen LogP contribution >= 0.6 is 0 Å². The smallest absolute Gasteiger partial charge is 0.336 e. The molecule has 7 nitrogen and oxygen atoms in total. The molecule has 3 rings (SSSR count). The third-order valence-electron chi connectivity index (χ3n) is 5.31. The molecular weight excluding hydrogens is 470 g/mol. The maximum absolute atomic E-state index is 13.5. The number of aromatic nitrogens is 2. The predicted molar refractivity (Wildman–Crippen MR) is 94.5 cm³/mol. The number of fused-ring (bicyclic) bond motifs is 1. The number of alkyl halides is 8. The summed E-state index contributed by atoms with van der Waals surface area (Å²) in [5, 5.41) is 0. The molecule has 0 spiro atoms. The van der Waals surface area contributed by atoms with Crippen molar-refractivity contribution in [1.29, 1.82) is 0 Å². The average molecular weight is 489 g/mol. The molecule has 2 amide bonds. The predicted octanol–water partition coefficient (Wildman–Crippen LogP) is 2.37. The van der Waals surface area contributed by atoms with Crippen LogP contribution in [-0.2, 0) is 34.9 Å². The zero-order chi connectivity index (χ0) is 24.8. The Morgan fingerprint density at radius 1 is 1.09 bits per heavy atom. The molecule has 1 atom stereocenters. The van der Waals surface area contributed by atoms with E-state index >= 15 is 0 Å². The molecule has 0 aliphatic carbocycles. The summed E-state index contributed by atoms with van der Waals surface area (Å²) in [6.07, 6.45) is -12.2. The van der Waals surface area contributed by atoms with Crippen LogP contribution in [0.1, 0.15) is 42.0 Å². The number of amides is 2. The van der Waals surface area contributed by atoms with Gasteiger partial charge in [0.25, 0.3) is 5.92 Å². The fourth-order valence-corrected chi connectivity index (χ4v) is 3.77. The number of piperidine rings is 1. The quantitative estimate of drug-likeness (QED) is 0.656. The molecule has 0 aromatic carbocycles. The molecule has 33 heavy (non-hydrogen) atoms. The van der Waals surface area contributed by atoms with E-state index in [1.807, 2.05) is 0 Å². The highest BCUT2D eigenvalue weighted by molar-refractivity contribution is 5.78. The van der Waals surface area contributed by atoms with E-state index in [1.54, 1.807) is 0 Å². The Kier molecular flexibility index (Phi) is 6.56. The van der Waals surface area contributed by atoms with Gasteiger partial charge < -0.3 is 15.5 Å². The molecular formula is C18H19F8N5O2. The zero-order valence-electron chi connectivity index (χ0n) is 16.9. The lowest BCUT2D eigenvalue weighted by Gasteiger charge is -2.34. The first-order valence-corrected chi connectivity index (χ1v) is 9.80. The van der Waals surface area contributed by atoms with Crippen LogP contribution in [0.2, 0.25) is 0 Å². The van der Waals surface area contributed by atoms with Crippen LogP contribution in [-0.4, -0.2) is 63.2 Å². The lowest BCUT2D eigenvalue weighted by atomic mass is 10.0. The van der Waals surface area contributed by atoms with E-state index < -0.39 is 91.3 Å². The van der Waals surface area contributed by atoms with Crippen molar-refractivity contribution in [2.24, 2.45) is 5.73 Å². The Morgan fingerprint density at radius 2 is 1.76 bits per heavy atom. The van der Waals surface area contributed by atoms with Gasteiger partial charge in [-0.05, 0) is 6.42 Å². The molecule has 1 aromatic rings. The fraction of sp³-hybridized carbons (Fsp3) is 0.667. The molecule has 3 heterocycles. The maximum atomic E-state index is 13.5. The van der Waals surface area contributed by atoms with Crippen molar-refractivity contribution in [3.63, 3.8) is 0 Å². The summed E-state index contributed by atoms with van der Waals surface area (Å²) in [4.78, 5) is 32.0. The van der Waals surface area contributed by atoms with Gasteiger partial charge >= 0.3 is 12.4 Å². The highest BCUT2D eigenvalue weighted by atomic mass is 19.4. The monoisotopic (exact) mass is 489 g/mol. The van der Waals surface area contributed by atoms with Crippen LogP contribution in [0.5, 0.6) is 0 Å². The summed E-state index contributed by atoms with van der Waals surface area (Å²) in [6.45, 7) is -2.07. The third-order valence-corrected chi connectivity index (χ3v) is 5.31. The number of hydrogen-bond donors (Lipinski definition) is 1. The van der Waals surface area contributed by atoms with Crippen LogP contribution in [0.3, 0.4) is 0 Å². The second-order valence-corrected chi connectivity index (χ2v) is 7.98. The minimum absolute atomic E-state index is 0.253. The molecule has 15 heteroatoms. The van der Waals surface area contributed by atoms with Gasteiger partial charge in [-0.3, -0.25) is 9.59 Å². The zero-order valence-corrected chi connectivity index (χ0v) is 16.9. The molecule has 2 aliphatic heterocycles. The fourth-order valence-electron chi connectivity index (χ4n) is 3.77. The first-order valence-electron chi connectivity index (χ1n) is 9.80. The van der Waals surface area contributed by atoms with Crippen molar-refractivity contribution < 1.29 is 44.7 Å². The minimum Gasteiger partial charge on any atom is -0.336 e. The molecule has 1 aromatic heterocycles. The van der Waals surface area contributed by atoms with Crippen LogP contribution < -0.4 is 5.73 Å². The van der Waals surface area contributed by atoms with Gasteiger partial charge in [-0.15, -0.1) is 0 Å². The number of nitrogens with two attached hydrogens (primary N) is 1. The largest absolute Gasteiger partial charge is 0.451 e. The summed E-state index contributed by atoms with van der Waals surface area (Å²) in [5.74, 6) is -6.32. The third kappa shape index (κ3) is 5.86. The first kappa shape index (κ1) is 25.1. The number of likely N-dealkylation sites (tertiary alicyclic amines) is 1. The van der Waals surface area contributed by atoms with Gasteiger partial charge in [-0.2, -0.15) is 26.3 Å². The Hall–Kier alpha value is -2.58. The Labute approximate surface area is 181 Å². The Morgan fingerprint density at radius 3 is 2.36 bits per heavy atom. The van der Waals surface area contributed by atoms with Crippen molar-refractivity contribution in [3.05, 3.63) is 22.8 Å². The van der Waals surface area contributed by atoms with Gasteiger partial charge in [-0.25, -0.2) is 18.7 Å². The summed E-state index contributed by atoms with van der Waals surface area (Å²) in [6, 6.07) is -1.06. The lowest BCUT2D eigenvalue weighted by Crippen LogP contribution is -2.51. The van der Waals surface area contributed by atoms with Crippen molar-refractivity contribution in [3.8, 4) is 0 Å².